The van der Waals surface area contributed by atoms with E-state index in [9.17, 15) is 9.59 Å². The minimum atomic E-state index is -0.930. The summed E-state index contributed by atoms with van der Waals surface area (Å²) in [7, 11) is 0. The molecule has 0 spiro atoms. The highest BCUT2D eigenvalue weighted by Crippen LogP contribution is 2.33. The van der Waals surface area contributed by atoms with Crippen LogP contribution in [0.5, 0.6) is 0 Å². The lowest BCUT2D eigenvalue weighted by molar-refractivity contribution is -0.133. The van der Waals surface area contributed by atoms with Crippen LogP contribution in [0.1, 0.15) is 41.0 Å². The Labute approximate surface area is 116 Å². The largest absolute Gasteiger partial charge is 0.481 e. The fourth-order valence-corrected chi connectivity index (χ4v) is 3.24. The molecular formula is C12H21N3O3S. The van der Waals surface area contributed by atoms with Gasteiger partial charge in [0.15, 0.2) is 5.16 Å². The molecule has 1 aromatic heterocycles. The van der Waals surface area contributed by atoms with E-state index in [4.69, 9.17) is 5.11 Å². The van der Waals surface area contributed by atoms with Gasteiger partial charge in [0.2, 0.25) is 0 Å². The van der Waals surface area contributed by atoms with Crippen molar-refractivity contribution in [3.05, 3.63) is 10.5 Å². The lowest BCUT2D eigenvalue weighted by atomic mass is 9.82. The normalized spacial score (nSPS) is 12.7. The van der Waals surface area contributed by atoms with Crippen LogP contribution < -0.4 is 5.69 Å². The second-order valence-corrected chi connectivity index (χ2v) is 7.32. The summed E-state index contributed by atoms with van der Waals surface area (Å²) in [5.41, 5.74) is -0.680. The van der Waals surface area contributed by atoms with Crippen molar-refractivity contribution >= 4 is 17.7 Å². The molecule has 0 unspecified atom stereocenters. The molecule has 1 heterocycles. The number of nitrogens with zero attached hydrogens (tertiary/aromatic N) is 2. The molecule has 108 valence electrons. The maximum atomic E-state index is 11.9. The van der Waals surface area contributed by atoms with Crippen molar-refractivity contribution in [2.45, 2.75) is 51.7 Å². The maximum Gasteiger partial charge on any atom is 0.344 e. The van der Waals surface area contributed by atoms with Crippen molar-refractivity contribution < 1.29 is 9.90 Å². The second-order valence-electron chi connectivity index (χ2n) is 6.38. The van der Waals surface area contributed by atoms with Gasteiger partial charge < -0.3 is 5.11 Å². The zero-order valence-electron chi connectivity index (χ0n) is 12.0. The van der Waals surface area contributed by atoms with E-state index >= 15 is 0 Å². The standard InChI is InChI=1S/C12H21N3O3S/c1-11(2,3)7-12(4,5)15-9(18)13-14-10(15)19-6-8(16)17/h6-7H2,1-5H3,(H,13,18)(H,16,17). The Bertz CT molecular complexity index is 511. The van der Waals surface area contributed by atoms with Crippen molar-refractivity contribution in [3.8, 4) is 0 Å². The zero-order chi connectivity index (χ0) is 14.8. The Kier molecular flexibility index (Phi) is 4.50. The van der Waals surface area contributed by atoms with E-state index in [1.54, 1.807) is 4.57 Å². The van der Waals surface area contributed by atoms with Crippen molar-refractivity contribution in [2.75, 3.05) is 5.75 Å². The summed E-state index contributed by atoms with van der Waals surface area (Å²) in [6, 6.07) is 0. The summed E-state index contributed by atoms with van der Waals surface area (Å²) < 4.78 is 1.55. The molecule has 0 fully saturated rings. The molecule has 0 saturated heterocycles. The molecule has 0 bridgehead atoms. The topological polar surface area (TPSA) is 88.0 Å². The van der Waals surface area contributed by atoms with Gasteiger partial charge in [-0.1, -0.05) is 32.5 Å². The number of aromatic amines is 1. The zero-order valence-corrected chi connectivity index (χ0v) is 12.8. The third-order valence-corrected chi connectivity index (χ3v) is 3.46. The number of rotatable bonds is 5. The number of nitrogens with one attached hydrogen (secondary N) is 1. The van der Waals surface area contributed by atoms with Gasteiger partial charge in [0.1, 0.15) is 0 Å². The van der Waals surface area contributed by atoms with Crippen molar-refractivity contribution in [2.24, 2.45) is 5.41 Å². The van der Waals surface area contributed by atoms with E-state index in [0.717, 1.165) is 18.2 Å². The lowest BCUT2D eigenvalue weighted by Crippen LogP contribution is -2.38. The van der Waals surface area contributed by atoms with Gasteiger partial charge in [-0.05, 0) is 25.7 Å². The first-order valence-corrected chi connectivity index (χ1v) is 7.04. The van der Waals surface area contributed by atoms with Crippen LogP contribution in [-0.4, -0.2) is 31.6 Å². The predicted octanol–water partition coefficient (Wildman–Crippen LogP) is 1.92. The molecule has 0 amide bonds. The minimum absolute atomic E-state index is 0.0505. The predicted molar refractivity (Wildman–Crippen MR) is 74.6 cm³/mol. The molecule has 0 aliphatic carbocycles. The number of hydrogen-bond donors (Lipinski definition) is 2. The molecule has 19 heavy (non-hydrogen) atoms. The Morgan fingerprint density at radius 2 is 1.95 bits per heavy atom. The minimum Gasteiger partial charge on any atom is -0.481 e. The Hall–Kier alpha value is -1.24. The number of thioether (sulfide) groups is 1. The fourth-order valence-electron chi connectivity index (χ4n) is 2.42. The Morgan fingerprint density at radius 1 is 1.37 bits per heavy atom. The summed E-state index contributed by atoms with van der Waals surface area (Å²) in [5.74, 6) is -1.05. The number of H-pyrrole nitrogens is 1. The molecule has 2 N–H and O–H groups in total. The highest BCUT2D eigenvalue weighted by atomic mass is 32.2. The first-order chi connectivity index (χ1) is 8.53. The van der Waals surface area contributed by atoms with Crippen molar-refractivity contribution in [3.63, 3.8) is 0 Å². The molecule has 0 atom stereocenters. The van der Waals surface area contributed by atoms with Gasteiger partial charge in [0.25, 0.3) is 0 Å². The van der Waals surface area contributed by atoms with Gasteiger partial charge in [0, 0.05) is 5.54 Å². The van der Waals surface area contributed by atoms with Gasteiger partial charge in [-0.3, -0.25) is 9.36 Å². The number of aromatic nitrogens is 3. The van der Waals surface area contributed by atoms with Crippen LogP contribution in [0.2, 0.25) is 0 Å². The quantitative estimate of drug-likeness (QED) is 0.808. The Balaban J connectivity index is 3.08. The highest BCUT2D eigenvalue weighted by Gasteiger charge is 2.31. The van der Waals surface area contributed by atoms with Crippen molar-refractivity contribution in [1.82, 2.24) is 14.8 Å². The van der Waals surface area contributed by atoms with E-state index < -0.39 is 11.5 Å². The fraction of sp³-hybridized carbons (Fsp3) is 0.750. The van der Waals surface area contributed by atoms with Gasteiger partial charge in [-0.2, -0.15) is 0 Å². The maximum absolute atomic E-state index is 11.9. The first-order valence-electron chi connectivity index (χ1n) is 6.05. The third kappa shape index (κ3) is 4.41. The van der Waals surface area contributed by atoms with Crippen LogP contribution in [0.3, 0.4) is 0 Å². The summed E-state index contributed by atoms with van der Waals surface area (Å²) in [6.45, 7) is 10.2. The molecule has 0 radical (unpaired) electrons. The molecule has 7 heteroatoms. The number of carbonyl (C=O) groups is 1. The van der Waals surface area contributed by atoms with Crippen LogP contribution >= 0.6 is 11.8 Å². The van der Waals surface area contributed by atoms with E-state index in [2.05, 4.69) is 31.0 Å². The van der Waals surface area contributed by atoms with Gasteiger partial charge in [-0.25, -0.2) is 9.89 Å². The average Bonchev–Trinajstić information content (AvgIpc) is 2.53. The average molecular weight is 287 g/mol. The molecule has 6 nitrogen and oxygen atoms in total. The molecule has 1 aromatic rings. The molecule has 0 saturated carbocycles. The first kappa shape index (κ1) is 15.8. The molecule has 0 aliphatic heterocycles. The van der Waals surface area contributed by atoms with Gasteiger partial charge >= 0.3 is 11.7 Å². The van der Waals surface area contributed by atoms with E-state index in [0.29, 0.717) is 5.16 Å². The van der Waals surface area contributed by atoms with Gasteiger partial charge in [-0.15, -0.1) is 5.10 Å². The number of carboxylic acid groups (broad SMARTS) is 1. The highest BCUT2D eigenvalue weighted by molar-refractivity contribution is 7.99. The van der Waals surface area contributed by atoms with Crippen LogP contribution in [0.15, 0.2) is 9.95 Å². The second kappa shape index (κ2) is 5.40. The summed E-state index contributed by atoms with van der Waals surface area (Å²) in [5, 5.41) is 15.4. The SMILES string of the molecule is CC(C)(C)CC(C)(C)n1c(SCC(=O)O)n[nH]c1=O. The third-order valence-electron chi connectivity index (χ3n) is 2.53. The molecule has 0 aromatic carbocycles. The summed E-state index contributed by atoms with van der Waals surface area (Å²) >= 11 is 1.05. The van der Waals surface area contributed by atoms with Crippen LogP contribution in [0.25, 0.3) is 0 Å². The monoisotopic (exact) mass is 287 g/mol. The molecular weight excluding hydrogens is 266 g/mol. The van der Waals surface area contributed by atoms with Crippen LogP contribution in [0.4, 0.5) is 0 Å². The van der Waals surface area contributed by atoms with Crippen molar-refractivity contribution in [1.29, 1.82) is 0 Å². The smallest absolute Gasteiger partial charge is 0.344 e. The Morgan fingerprint density at radius 3 is 2.42 bits per heavy atom. The number of aliphatic carboxylic acids is 1. The van der Waals surface area contributed by atoms with E-state index in [-0.39, 0.29) is 16.9 Å². The number of hydrogen-bond acceptors (Lipinski definition) is 4. The van der Waals surface area contributed by atoms with E-state index in [1.807, 2.05) is 13.8 Å². The summed E-state index contributed by atoms with van der Waals surface area (Å²) in [4.78, 5) is 22.5. The number of carboxylic acids is 1. The van der Waals surface area contributed by atoms with Crippen LogP contribution in [0, 0.1) is 5.41 Å². The molecule has 1 rings (SSSR count). The van der Waals surface area contributed by atoms with Crippen LogP contribution in [-0.2, 0) is 10.3 Å². The van der Waals surface area contributed by atoms with Gasteiger partial charge in [0.05, 0.1) is 5.75 Å². The molecule has 0 aliphatic rings. The summed E-state index contributed by atoms with van der Waals surface area (Å²) in [6.07, 6.45) is 0.778. The lowest BCUT2D eigenvalue weighted by Gasteiger charge is -2.33. The van der Waals surface area contributed by atoms with E-state index in [1.165, 1.54) is 0 Å².